The molecule has 6 nitrogen and oxygen atoms in total. The number of carbonyl (C=O) groups excluding carboxylic acids is 1. The second kappa shape index (κ2) is 6.34. The first-order valence-electron chi connectivity index (χ1n) is 7.23. The summed E-state index contributed by atoms with van der Waals surface area (Å²) in [6.45, 7) is 6.45. The van der Waals surface area contributed by atoms with Crippen molar-refractivity contribution in [3.8, 4) is 0 Å². The second-order valence-electron chi connectivity index (χ2n) is 6.58. The van der Waals surface area contributed by atoms with E-state index in [2.05, 4.69) is 4.98 Å². The van der Waals surface area contributed by atoms with E-state index in [-0.39, 0.29) is 29.9 Å². The standard InChI is InChI=1S/C15H22N2O4S/c1-15(2,3)13-12(22-8-16-13)14(20)17-7-10(21-4)5-9(17)6-11(18)19/h8-10H,5-7H2,1-4H3,(H,18,19). The van der Waals surface area contributed by atoms with Gasteiger partial charge >= 0.3 is 5.97 Å². The Bertz CT molecular complexity index is 564. The number of carbonyl (C=O) groups is 2. The summed E-state index contributed by atoms with van der Waals surface area (Å²) in [5, 5.41) is 9.06. The van der Waals surface area contributed by atoms with E-state index in [0.29, 0.717) is 17.8 Å². The maximum Gasteiger partial charge on any atom is 0.305 e. The highest BCUT2D eigenvalue weighted by atomic mass is 32.1. The van der Waals surface area contributed by atoms with Gasteiger partial charge in [-0.05, 0) is 6.42 Å². The maximum atomic E-state index is 12.9. The summed E-state index contributed by atoms with van der Waals surface area (Å²) in [5.41, 5.74) is 2.20. The van der Waals surface area contributed by atoms with Gasteiger partial charge in [0.2, 0.25) is 0 Å². The average Bonchev–Trinajstić information content (AvgIpc) is 3.02. The second-order valence-corrected chi connectivity index (χ2v) is 7.44. The number of nitrogens with zero attached hydrogens (tertiary/aromatic N) is 2. The molecule has 0 spiro atoms. The molecule has 1 aromatic rings. The molecule has 0 saturated carbocycles. The monoisotopic (exact) mass is 326 g/mol. The van der Waals surface area contributed by atoms with Crippen LogP contribution in [0.1, 0.15) is 49.0 Å². The van der Waals surface area contributed by atoms with Gasteiger partial charge in [0.05, 0.1) is 23.7 Å². The van der Waals surface area contributed by atoms with Crippen LogP contribution in [-0.2, 0) is 14.9 Å². The first-order valence-corrected chi connectivity index (χ1v) is 8.11. The van der Waals surface area contributed by atoms with Crippen LogP contribution >= 0.6 is 11.3 Å². The fourth-order valence-corrected chi connectivity index (χ4v) is 3.70. The first kappa shape index (κ1) is 16.9. The summed E-state index contributed by atoms with van der Waals surface area (Å²) in [6.07, 6.45) is 0.382. The van der Waals surface area contributed by atoms with Gasteiger partial charge in [-0.25, -0.2) is 4.98 Å². The van der Waals surface area contributed by atoms with Crippen molar-refractivity contribution in [3.05, 3.63) is 16.1 Å². The minimum atomic E-state index is -0.903. The van der Waals surface area contributed by atoms with Gasteiger partial charge < -0.3 is 14.7 Å². The zero-order valence-corrected chi connectivity index (χ0v) is 14.1. The predicted octanol–water partition coefficient (Wildman–Crippen LogP) is 2.14. The maximum absolute atomic E-state index is 12.9. The van der Waals surface area contributed by atoms with E-state index in [1.807, 2.05) is 20.8 Å². The number of aliphatic carboxylic acids is 1. The zero-order valence-electron chi connectivity index (χ0n) is 13.3. The molecule has 0 bridgehead atoms. The van der Waals surface area contributed by atoms with Crippen LogP contribution in [0.2, 0.25) is 0 Å². The molecule has 0 radical (unpaired) electrons. The first-order chi connectivity index (χ1) is 10.2. The van der Waals surface area contributed by atoms with E-state index in [0.717, 1.165) is 5.69 Å². The Kier molecular flexibility index (Phi) is 4.87. The van der Waals surface area contributed by atoms with E-state index >= 15 is 0 Å². The summed E-state index contributed by atoms with van der Waals surface area (Å²) in [6, 6.07) is -0.329. The topological polar surface area (TPSA) is 79.7 Å². The highest BCUT2D eigenvalue weighted by Crippen LogP contribution is 2.31. The summed E-state index contributed by atoms with van der Waals surface area (Å²) in [5.74, 6) is -1.04. The number of aromatic nitrogens is 1. The van der Waals surface area contributed by atoms with Gasteiger partial charge in [0.15, 0.2) is 0 Å². The summed E-state index contributed by atoms with van der Waals surface area (Å²) in [7, 11) is 1.59. The molecular formula is C15H22N2O4S. The van der Waals surface area contributed by atoms with Gasteiger partial charge in [0.25, 0.3) is 5.91 Å². The van der Waals surface area contributed by atoms with E-state index in [9.17, 15) is 9.59 Å². The minimum absolute atomic E-state index is 0.0603. The van der Waals surface area contributed by atoms with Gasteiger partial charge in [-0.15, -0.1) is 11.3 Å². The number of likely N-dealkylation sites (tertiary alicyclic amines) is 1. The van der Waals surface area contributed by atoms with Gasteiger partial charge in [-0.3, -0.25) is 9.59 Å². The third-order valence-corrected chi connectivity index (χ3v) is 4.67. The molecule has 22 heavy (non-hydrogen) atoms. The molecule has 2 heterocycles. The normalized spacial score (nSPS) is 22.1. The smallest absolute Gasteiger partial charge is 0.305 e. The summed E-state index contributed by atoms with van der Waals surface area (Å²) in [4.78, 5) is 30.5. The number of hydrogen-bond acceptors (Lipinski definition) is 5. The van der Waals surface area contributed by atoms with E-state index < -0.39 is 5.97 Å². The molecule has 1 N–H and O–H groups in total. The van der Waals surface area contributed by atoms with E-state index in [1.165, 1.54) is 11.3 Å². The molecule has 1 saturated heterocycles. The van der Waals surface area contributed by atoms with Crippen LogP contribution in [-0.4, -0.2) is 52.7 Å². The van der Waals surface area contributed by atoms with Crippen LogP contribution in [0.25, 0.3) is 0 Å². The Labute approximate surface area is 134 Å². The Hall–Kier alpha value is -1.47. The Balaban J connectivity index is 2.27. The molecule has 1 aliphatic heterocycles. The van der Waals surface area contributed by atoms with Gasteiger partial charge in [-0.2, -0.15) is 0 Å². The number of carboxylic acid groups (broad SMARTS) is 1. The van der Waals surface area contributed by atoms with Crippen molar-refractivity contribution in [2.45, 2.75) is 51.2 Å². The van der Waals surface area contributed by atoms with E-state index in [1.54, 1.807) is 17.5 Å². The van der Waals surface area contributed by atoms with Crippen molar-refractivity contribution in [3.63, 3.8) is 0 Å². The molecule has 1 amide bonds. The number of hydrogen-bond donors (Lipinski definition) is 1. The van der Waals surface area contributed by atoms with Crippen molar-refractivity contribution in [2.24, 2.45) is 0 Å². The number of ether oxygens (including phenoxy) is 1. The molecule has 0 aromatic carbocycles. The summed E-state index contributed by atoms with van der Waals surface area (Å²) >= 11 is 1.31. The van der Waals surface area contributed by atoms with Crippen LogP contribution in [0.15, 0.2) is 5.51 Å². The summed E-state index contributed by atoms with van der Waals surface area (Å²) < 4.78 is 5.32. The van der Waals surface area contributed by atoms with Gasteiger partial charge in [0.1, 0.15) is 4.88 Å². The number of amides is 1. The number of rotatable bonds is 4. The van der Waals surface area contributed by atoms with Crippen molar-refractivity contribution >= 4 is 23.2 Å². The molecule has 122 valence electrons. The quantitative estimate of drug-likeness (QED) is 0.917. The van der Waals surface area contributed by atoms with Crippen LogP contribution in [0, 0.1) is 0 Å². The van der Waals surface area contributed by atoms with Gasteiger partial charge in [0, 0.05) is 25.1 Å². The molecule has 1 aliphatic rings. The third-order valence-electron chi connectivity index (χ3n) is 3.85. The van der Waals surface area contributed by atoms with Crippen molar-refractivity contribution in [1.29, 1.82) is 0 Å². The van der Waals surface area contributed by atoms with Crippen molar-refractivity contribution in [2.75, 3.05) is 13.7 Å². The van der Waals surface area contributed by atoms with Crippen LogP contribution < -0.4 is 0 Å². The average molecular weight is 326 g/mol. The highest BCUT2D eigenvalue weighted by Gasteiger charge is 2.39. The van der Waals surface area contributed by atoms with Gasteiger partial charge in [-0.1, -0.05) is 20.8 Å². The molecular weight excluding hydrogens is 304 g/mol. The molecule has 1 aromatic heterocycles. The zero-order chi connectivity index (χ0) is 16.5. The van der Waals surface area contributed by atoms with Crippen LogP contribution in [0.4, 0.5) is 0 Å². The lowest BCUT2D eigenvalue weighted by Gasteiger charge is -2.25. The fraction of sp³-hybridized carbons (Fsp3) is 0.667. The van der Waals surface area contributed by atoms with Crippen LogP contribution in [0.3, 0.4) is 0 Å². The van der Waals surface area contributed by atoms with Crippen LogP contribution in [0.5, 0.6) is 0 Å². The Morgan fingerprint density at radius 1 is 1.50 bits per heavy atom. The largest absolute Gasteiger partial charge is 0.481 e. The highest BCUT2D eigenvalue weighted by molar-refractivity contribution is 7.11. The fourth-order valence-electron chi connectivity index (χ4n) is 2.75. The SMILES string of the molecule is COC1CC(CC(=O)O)N(C(=O)c2scnc2C(C)(C)C)C1. The Morgan fingerprint density at radius 3 is 2.73 bits per heavy atom. The van der Waals surface area contributed by atoms with E-state index in [4.69, 9.17) is 9.84 Å². The number of methoxy groups -OCH3 is 1. The molecule has 2 atom stereocenters. The minimum Gasteiger partial charge on any atom is -0.481 e. The molecule has 1 fully saturated rings. The van der Waals surface area contributed by atoms with Crippen molar-refractivity contribution in [1.82, 2.24) is 9.88 Å². The third kappa shape index (κ3) is 3.47. The molecule has 0 aliphatic carbocycles. The molecule has 2 unspecified atom stereocenters. The molecule has 7 heteroatoms. The van der Waals surface area contributed by atoms with Crippen molar-refractivity contribution < 1.29 is 19.4 Å². The lowest BCUT2D eigenvalue weighted by molar-refractivity contribution is -0.137. The Morgan fingerprint density at radius 2 is 2.18 bits per heavy atom. The predicted molar refractivity (Wildman–Crippen MR) is 83.3 cm³/mol. The lowest BCUT2D eigenvalue weighted by Crippen LogP contribution is -2.38. The lowest BCUT2D eigenvalue weighted by atomic mass is 9.91. The number of carboxylic acids is 1. The number of thiazole rings is 1. The molecule has 2 rings (SSSR count).